The summed E-state index contributed by atoms with van der Waals surface area (Å²) in [4.78, 5) is 26.7. The number of aryl methyl sites for hydroxylation is 1. The van der Waals surface area contributed by atoms with E-state index in [1.807, 2.05) is 0 Å². The van der Waals surface area contributed by atoms with E-state index in [1.54, 1.807) is 28.9 Å². The average molecular weight is 293 g/mol. The second-order valence-electron chi connectivity index (χ2n) is 5.20. The standard InChI is InChI=1S/C15H20FN3O2/c1-11-3-4-13(9-14(11)16)17-10-15(21)19-7-5-18(6-8-19)12(2)20/h3-4,9,17H,5-8,10H2,1-2H3. The predicted molar refractivity (Wildman–Crippen MR) is 78.5 cm³/mol. The van der Waals surface area contributed by atoms with Crippen molar-refractivity contribution in [3.05, 3.63) is 29.6 Å². The van der Waals surface area contributed by atoms with Gasteiger partial charge in [-0.2, -0.15) is 0 Å². The molecule has 0 unspecified atom stereocenters. The van der Waals surface area contributed by atoms with Crippen LogP contribution < -0.4 is 5.32 Å². The Morgan fingerprint density at radius 3 is 2.38 bits per heavy atom. The highest BCUT2D eigenvalue weighted by molar-refractivity contribution is 5.81. The molecule has 5 nitrogen and oxygen atoms in total. The molecule has 1 aromatic carbocycles. The van der Waals surface area contributed by atoms with E-state index in [0.29, 0.717) is 37.4 Å². The van der Waals surface area contributed by atoms with Crippen molar-refractivity contribution in [3.8, 4) is 0 Å². The zero-order chi connectivity index (χ0) is 15.4. The first-order valence-electron chi connectivity index (χ1n) is 7.00. The van der Waals surface area contributed by atoms with Gasteiger partial charge in [-0.15, -0.1) is 0 Å². The zero-order valence-electron chi connectivity index (χ0n) is 12.4. The average Bonchev–Trinajstić information content (AvgIpc) is 2.48. The monoisotopic (exact) mass is 293 g/mol. The van der Waals surface area contributed by atoms with Crippen molar-refractivity contribution in [2.75, 3.05) is 38.0 Å². The van der Waals surface area contributed by atoms with Crippen LogP contribution in [0.5, 0.6) is 0 Å². The van der Waals surface area contributed by atoms with Gasteiger partial charge in [0.1, 0.15) is 5.82 Å². The van der Waals surface area contributed by atoms with Crippen LogP contribution in [0.4, 0.5) is 10.1 Å². The molecule has 1 heterocycles. The Bertz CT molecular complexity index is 540. The third-order valence-corrected chi connectivity index (χ3v) is 3.69. The molecule has 6 heteroatoms. The number of amides is 2. The normalized spacial score (nSPS) is 15.0. The van der Waals surface area contributed by atoms with Gasteiger partial charge in [0.2, 0.25) is 11.8 Å². The summed E-state index contributed by atoms with van der Waals surface area (Å²) in [6, 6.07) is 4.81. The lowest BCUT2D eigenvalue weighted by Crippen LogP contribution is -2.51. The molecule has 1 aliphatic heterocycles. The number of carbonyl (C=O) groups excluding carboxylic acids is 2. The van der Waals surface area contributed by atoms with Crippen LogP contribution in [0.1, 0.15) is 12.5 Å². The summed E-state index contributed by atoms with van der Waals surface area (Å²) in [6.45, 7) is 5.58. The smallest absolute Gasteiger partial charge is 0.241 e. The number of nitrogens with one attached hydrogen (secondary N) is 1. The minimum atomic E-state index is -0.289. The van der Waals surface area contributed by atoms with E-state index >= 15 is 0 Å². The van der Waals surface area contributed by atoms with Gasteiger partial charge >= 0.3 is 0 Å². The molecule has 1 N–H and O–H groups in total. The maximum atomic E-state index is 13.4. The highest BCUT2D eigenvalue weighted by atomic mass is 19.1. The summed E-state index contributed by atoms with van der Waals surface area (Å²) in [6.07, 6.45) is 0. The molecular weight excluding hydrogens is 273 g/mol. The molecular formula is C15H20FN3O2. The van der Waals surface area contributed by atoms with E-state index in [4.69, 9.17) is 0 Å². The number of carbonyl (C=O) groups is 2. The Labute approximate surface area is 123 Å². The molecule has 0 aromatic heterocycles. The molecule has 0 atom stereocenters. The summed E-state index contributed by atoms with van der Waals surface area (Å²) >= 11 is 0. The van der Waals surface area contributed by atoms with Gasteiger partial charge in [-0.25, -0.2) is 4.39 Å². The fraction of sp³-hybridized carbons (Fsp3) is 0.467. The highest BCUT2D eigenvalue weighted by Crippen LogP contribution is 2.13. The van der Waals surface area contributed by atoms with E-state index in [-0.39, 0.29) is 24.2 Å². The van der Waals surface area contributed by atoms with Crippen molar-refractivity contribution in [2.24, 2.45) is 0 Å². The van der Waals surface area contributed by atoms with Gasteiger partial charge in [0.15, 0.2) is 0 Å². The third kappa shape index (κ3) is 3.93. The van der Waals surface area contributed by atoms with Gasteiger partial charge in [-0.05, 0) is 24.6 Å². The van der Waals surface area contributed by atoms with E-state index < -0.39 is 0 Å². The van der Waals surface area contributed by atoms with Crippen molar-refractivity contribution in [1.82, 2.24) is 9.80 Å². The van der Waals surface area contributed by atoms with Gasteiger partial charge in [-0.3, -0.25) is 9.59 Å². The zero-order valence-corrected chi connectivity index (χ0v) is 12.4. The van der Waals surface area contributed by atoms with Crippen LogP contribution in [0.3, 0.4) is 0 Å². The van der Waals surface area contributed by atoms with Crippen molar-refractivity contribution in [3.63, 3.8) is 0 Å². The third-order valence-electron chi connectivity index (χ3n) is 3.69. The number of hydrogen-bond acceptors (Lipinski definition) is 3. The Hall–Kier alpha value is -2.11. The Morgan fingerprint density at radius 2 is 1.81 bits per heavy atom. The SMILES string of the molecule is CC(=O)N1CCN(C(=O)CNc2ccc(C)c(F)c2)CC1. The molecule has 0 saturated carbocycles. The van der Waals surface area contributed by atoms with Gasteiger partial charge in [0.05, 0.1) is 6.54 Å². The summed E-state index contributed by atoms with van der Waals surface area (Å²) in [5.41, 5.74) is 1.17. The maximum Gasteiger partial charge on any atom is 0.241 e. The van der Waals surface area contributed by atoms with Crippen LogP contribution in [0, 0.1) is 12.7 Å². The molecule has 0 aliphatic carbocycles. The fourth-order valence-corrected chi connectivity index (χ4v) is 2.26. The Morgan fingerprint density at radius 1 is 1.19 bits per heavy atom. The van der Waals surface area contributed by atoms with Gasteiger partial charge in [0.25, 0.3) is 0 Å². The molecule has 114 valence electrons. The lowest BCUT2D eigenvalue weighted by molar-refractivity contribution is -0.137. The molecule has 1 saturated heterocycles. The number of benzene rings is 1. The molecule has 0 spiro atoms. The summed E-state index contributed by atoms with van der Waals surface area (Å²) < 4.78 is 13.4. The molecule has 1 fully saturated rings. The number of nitrogens with zero attached hydrogens (tertiary/aromatic N) is 2. The van der Waals surface area contributed by atoms with Crippen molar-refractivity contribution < 1.29 is 14.0 Å². The first-order chi connectivity index (χ1) is 9.97. The van der Waals surface area contributed by atoms with E-state index in [2.05, 4.69) is 5.32 Å². The fourth-order valence-electron chi connectivity index (χ4n) is 2.26. The maximum absolute atomic E-state index is 13.4. The number of halogens is 1. The van der Waals surface area contributed by atoms with E-state index in [0.717, 1.165) is 0 Å². The minimum absolute atomic E-state index is 0.0374. The van der Waals surface area contributed by atoms with Crippen LogP contribution in [-0.4, -0.2) is 54.3 Å². The Balaban J connectivity index is 1.82. The first-order valence-corrected chi connectivity index (χ1v) is 7.00. The van der Waals surface area contributed by atoms with Crippen molar-refractivity contribution in [2.45, 2.75) is 13.8 Å². The minimum Gasteiger partial charge on any atom is -0.376 e. The van der Waals surface area contributed by atoms with Crippen LogP contribution in [-0.2, 0) is 9.59 Å². The molecule has 1 aliphatic rings. The summed E-state index contributed by atoms with van der Waals surface area (Å²) in [5, 5.41) is 2.93. The van der Waals surface area contributed by atoms with Crippen molar-refractivity contribution in [1.29, 1.82) is 0 Å². The first kappa shape index (κ1) is 15.3. The molecule has 0 radical (unpaired) electrons. The van der Waals surface area contributed by atoms with E-state index in [1.165, 1.54) is 13.0 Å². The molecule has 1 aromatic rings. The quantitative estimate of drug-likeness (QED) is 0.912. The lowest BCUT2D eigenvalue weighted by Gasteiger charge is -2.34. The lowest BCUT2D eigenvalue weighted by atomic mass is 10.2. The number of hydrogen-bond donors (Lipinski definition) is 1. The number of rotatable bonds is 3. The Kier molecular flexibility index (Phi) is 4.77. The summed E-state index contributed by atoms with van der Waals surface area (Å²) in [7, 11) is 0. The van der Waals surface area contributed by atoms with Gasteiger partial charge < -0.3 is 15.1 Å². The topological polar surface area (TPSA) is 52.7 Å². The van der Waals surface area contributed by atoms with E-state index in [9.17, 15) is 14.0 Å². The number of piperazine rings is 1. The van der Waals surface area contributed by atoms with Crippen LogP contribution in [0.2, 0.25) is 0 Å². The second-order valence-corrected chi connectivity index (χ2v) is 5.20. The highest BCUT2D eigenvalue weighted by Gasteiger charge is 2.21. The largest absolute Gasteiger partial charge is 0.376 e. The molecule has 21 heavy (non-hydrogen) atoms. The van der Waals surface area contributed by atoms with Crippen molar-refractivity contribution >= 4 is 17.5 Å². The molecule has 2 rings (SSSR count). The molecule has 0 bridgehead atoms. The second kappa shape index (κ2) is 6.56. The number of anilines is 1. The predicted octanol–water partition coefficient (Wildman–Crippen LogP) is 1.24. The van der Waals surface area contributed by atoms with Gasteiger partial charge in [-0.1, -0.05) is 6.07 Å². The molecule has 2 amide bonds. The van der Waals surface area contributed by atoms with Crippen LogP contribution >= 0.6 is 0 Å². The van der Waals surface area contributed by atoms with Crippen LogP contribution in [0.15, 0.2) is 18.2 Å². The van der Waals surface area contributed by atoms with Crippen LogP contribution in [0.25, 0.3) is 0 Å². The van der Waals surface area contributed by atoms with Gasteiger partial charge in [0, 0.05) is 38.8 Å². The summed E-state index contributed by atoms with van der Waals surface area (Å²) in [5.74, 6) is -0.294.